The first kappa shape index (κ1) is 29.6. The van der Waals surface area contributed by atoms with Gasteiger partial charge >= 0.3 is 0 Å². The molecule has 0 aliphatic carbocycles. The Hall–Kier alpha value is -3.45. The SMILES string of the molecule is Cn1ccnc1Sc1ccc(Nc2c(C#N)cnc3cc(N4CCCCC4)c(OCCCN4CCCCC4)cc23)cc1Cl. The van der Waals surface area contributed by atoms with Crippen molar-refractivity contribution in [2.75, 3.05) is 49.5 Å². The summed E-state index contributed by atoms with van der Waals surface area (Å²) in [5, 5.41) is 15.9. The van der Waals surface area contributed by atoms with Crippen molar-refractivity contribution < 1.29 is 4.74 Å². The zero-order chi connectivity index (χ0) is 29.6. The van der Waals surface area contributed by atoms with Gasteiger partial charge in [-0.2, -0.15) is 5.26 Å². The molecule has 2 aliphatic rings. The average molecular weight is 616 g/mol. The van der Waals surface area contributed by atoms with Crippen LogP contribution in [0.3, 0.4) is 0 Å². The van der Waals surface area contributed by atoms with Crippen LogP contribution in [0.5, 0.6) is 5.75 Å². The van der Waals surface area contributed by atoms with E-state index < -0.39 is 0 Å². The van der Waals surface area contributed by atoms with Crippen LogP contribution >= 0.6 is 23.4 Å². The zero-order valence-corrected chi connectivity index (χ0v) is 26.3. The standard InChI is InChI=1S/C33H38ClN7OS/c1-39-17-11-36-33(39)43-31-10-9-25(19-27(31)34)38-32-24(22-35)23-37-28-21-29(41-15-6-3-7-16-41)30(20-26(28)32)42-18-8-14-40-12-4-2-5-13-40/h9-11,17,19-21,23H,2-8,12-16,18H2,1H3,(H,37,38). The molecule has 2 saturated heterocycles. The van der Waals surface area contributed by atoms with Gasteiger partial charge in [0.15, 0.2) is 5.16 Å². The van der Waals surface area contributed by atoms with E-state index in [2.05, 4.69) is 38.3 Å². The lowest BCUT2D eigenvalue weighted by molar-refractivity contribution is 0.205. The number of pyridine rings is 1. The van der Waals surface area contributed by atoms with E-state index in [9.17, 15) is 5.26 Å². The Labute approximate surface area is 263 Å². The Bertz CT molecular complexity index is 1610. The summed E-state index contributed by atoms with van der Waals surface area (Å²) in [5.74, 6) is 0.854. The van der Waals surface area contributed by atoms with Crippen LogP contribution in [0.4, 0.5) is 17.1 Å². The molecule has 0 unspecified atom stereocenters. The van der Waals surface area contributed by atoms with E-state index in [0.29, 0.717) is 22.9 Å². The molecule has 2 aliphatic heterocycles. The Morgan fingerprint density at radius 3 is 2.53 bits per heavy atom. The first-order valence-corrected chi connectivity index (χ1v) is 16.5. The van der Waals surface area contributed by atoms with Crippen LogP contribution in [0.15, 0.2) is 59.0 Å². The Morgan fingerprint density at radius 2 is 1.81 bits per heavy atom. The van der Waals surface area contributed by atoms with Crippen molar-refractivity contribution in [3.8, 4) is 11.8 Å². The number of nitrogens with one attached hydrogen (secondary N) is 1. The highest BCUT2D eigenvalue weighted by Crippen LogP contribution is 2.40. The number of benzene rings is 2. The number of likely N-dealkylation sites (tertiary alicyclic amines) is 1. The average Bonchev–Trinajstić information content (AvgIpc) is 3.45. The van der Waals surface area contributed by atoms with Crippen molar-refractivity contribution in [3.05, 3.63) is 59.5 Å². The molecule has 2 aromatic heterocycles. The van der Waals surface area contributed by atoms with Gasteiger partial charge in [0.05, 0.1) is 34.1 Å². The summed E-state index contributed by atoms with van der Waals surface area (Å²) in [4.78, 5) is 15.0. The predicted molar refractivity (Wildman–Crippen MR) is 175 cm³/mol. The number of anilines is 3. The van der Waals surface area contributed by atoms with Crippen LogP contribution in [0.25, 0.3) is 10.9 Å². The number of ether oxygens (including phenoxy) is 1. The summed E-state index contributed by atoms with van der Waals surface area (Å²) in [6.45, 7) is 6.13. The van der Waals surface area contributed by atoms with E-state index >= 15 is 0 Å². The van der Waals surface area contributed by atoms with Crippen LogP contribution in [-0.2, 0) is 7.05 Å². The first-order chi connectivity index (χ1) is 21.1. The number of aryl methyl sites for hydroxylation is 1. The van der Waals surface area contributed by atoms with Gasteiger partial charge in [-0.25, -0.2) is 4.98 Å². The minimum absolute atomic E-state index is 0.469. The maximum absolute atomic E-state index is 10.0. The maximum atomic E-state index is 10.0. The number of imidazole rings is 1. The van der Waals surface area contributed by atoms with Crippen molar-refractivity contribution in [1.29, 1.82) is 5.26 Å². The van der Waals surface area contributed by atoms with Gasteiger partial charge in [0, 0.05) is 61.2 Å². The molecule has 0 spiro atoms. The van der Waals surface area contributed by atoms with Crippen LogP contribution in [0.2, 0.25) is 5.02 Å². The van der Waals surface area contributed by atoms with Crippen LogP contribution in [0.1, 0.15) is 50.5 Å². The quantitative estimate of drug-likeness (QED) is 0.182. The number of fused-ring (bicyclic) bond motifs is 1. The lowest BCUT2D eigenvalue weighted by atomic mass is 10.1. The first-order valence-electron chi connectivity index (χ1n) is 15.3. The van der Waals surface area contributed by atoms with Gasteiger partial charge in [-0.1, -0.05) is 29.8 Å². The lowest BCUT2D eigenvalue weighted by Gasteiger charge is -2.31. The third kappa shape index (κ3) is 7.04. The largest absolute Gasteiger partial charge is 0.491 e. The summed E-state index contributed by atoms with van der Waals surface area (Å²) in [6.07, 6.45) is 13.9. The molecule has 0 bridgehead atoms. The summed E-state index contributed by atoms with van der Waals surface area (Å²) < 4.78 is 8.48. The molecule has 8 nitrogen and oxygen atoms in total. The Kier molecular flexibility index (Phi) is 9.57. The molecule has 43 heavy (non-hydrogen) atoms. The third-order valence-corrected chi connectivity index (χ3v) is 9.85. The van der Waals surface area contributed by atoms with Crippen molar-refractivity contribution in [2.24, 2.45) is 7.05 Å². The molecule has 0 atom stereocenters. The maximum Gasteiger partial charge on any atom is 0.172 e. The smallest absolute Gasteiger partial charge is 0.172 e. The molecule has 224 valence electrons. The molecule has 0 amide bonds. The molecule has 1 N–H and O–H groups in total. The number of hydrogen-bond acceptors (Lipinski definition) is 8. The minimum Gasteiger partial charge on any atom is -0.491 e. The summed E-state index contributed by atoms with van der Waals surface area (Å²) in [7, 11) is 1.96. The van der Waals surface area contributed by atoms with Crippen molar-refractivity contribution in [2.45, 2.75) is 55.0 Å². The van der Waals surface area contributed by atoms with Gasteiger partial charge in [-0.15, -0.1) is 0 Å². The lowest BCUT2D eigenvalue weighted by Crippen LogP contribution is -2.31. The van der Waals surface area contributed by atoms with Crippen molar-refractivity contribution >= 4 is 51.3 Å². The molecule has 2 aromatic carbocycles. The fourth-order valence-electron chi connectivity index (χ4n) is 5.93. The highest BCUT2D eigenvalue weighted by atomic mass is 35.5. The fourth-order valence-corrected chi connectivity index (χ4v) is 7.04. The fraction of sp³-hybridized carbons (Fsp3) is 0.424. The zero-order valence-electron chi connectivity index (χ0n) is 24.7. The van der Waals surface area contributed by atoms with Gasteiger partial charge in [0.25, 0.3) is 0 Å². The molecular weight excluding hydrogens is 578 g/mol. The molecule has 0 saturated carbocycles. The number of halogens is 1. The molecule has 10 heteroatoms. The van der Waals surface area contributed by atoms with E-state index in [1.165, 1.54) is 63.4 Å². The van der Waals surface area contributed by atoms with Crippen LogP contribution < -0.4 is 15.0 Å². The van der Waals surface area contributed by atoms with E-state index in [1.807, 2.05) is 36.0 Å². The molecule has 4 aromatic rings. The normalized spacial score (nSPS) is 15.9. The number of piperidine rings is 2. The van der Waals surface area contributed by atoms with E-state index in [-0.39, 0.29) is 0 Å². The minimum atomic E-state index is 0.469. The van der Waals surface area contributed by atoms with Crippen molar-refractivity contribution in [3.63, 3.8) is 0 Å². The van der Waals surface area contributed by atoms with Gasteiger partial charge in [-0.05, 0) is 81.9 Å². The van der Waals surface area contributed by atoms with Gasteiger partial charge in [0.2, 0.25) is 0 Å². The summed E-state index contributed by atoms with van der Waals surface area (Å²) in [5.41, 5.74) is 3.89. The second-order valence-electron chi connectivity index (χ2n) is 11.3. The van der Waals surface area contributed by atoms with Gasteiger partial charge < -0.3 is 24.4 Å². The van der Waals surface area contributed by atoms with E-state index in [1.54, 1.807) is 12.4 Å². The number of nitriles is 1. The van der Waals surface area contributed by atoms with Crippen molar-refractivity contribution in [1.82, 2.24) is 19.4 Å². The third-order valence-electron chi connectivity index (χ3n) is 8.27. The molecule has 4 heterocycles. The number of aromatic nitrogens is 3. The predicted octanol–water partition coefficient (Wildman–Crippen LogP) is 7.63. The second-order valence-corrected chi connectivity index (χ2v) is 12.8. The highest BCUT2D eigenvalue weighted by molar-refractivity contribution is 7.99. The highest BCUT2D eigenvalue weighted by Gasteiger charge is 2.20. The summed E-state index contributed by atoms with van der Waals surface area (Å²) in [6, 6.07) is 12.4. The van der Waals surface area contributed by atoms with E-state index in [4.69, 9.17) is 21.3 Å². The number of nitrogens with zero attached hydrogens (tertiary/aromatic N) is 6. The second kappa shape index (κ2) is 13.9. The number of hydrogen-bond donors (Lipinski definition) is 1. The van der Waals surface area contributed by atoms with Crippen LogP contribution in [0, 0.1) is 11.3 Å². The monoisotopic (exact) mass is 615 g/mol. The Morgan fingerprint density at radius 1 is 1.02 bits per heavy atom. The summed E-state index contributed by atoms with van der Waals surface area (Å²) >= 11 is 8.23. The molecule has 6 rings (SSSR count). The van der Waals surface area contributed by atoms with E-state index in [0.717, 1.165) is 64.1 Å². The molecule has 0 radical (unpaired) electrons. The van der Waals surface area contributed by atoms with Gasteiger partial charge in [0.1, 0.15) is 11.8 Å². The number of rotatable bonds is 10. The van der Waals surface area contributed by atoms with Gasteiger partial charge in [-0.3, -0.25) is 4.98 Å². The molecular formula is C33H38ClN7OS. The Balaban J connectivity index is 1.29. The topological polar surface area (TPSA) is 82.2 Å². The molecule has 2 fully saturated rings. The van der Waals surface area contributed by atoms with Crippen LogP contribution in [-0.4, -0.2) is 58.8 Å².